The fraction of sp³-hybridized carbons (Fsp3) is 0.429. The van der Waals surface area contributed by atoms with Crippen molar-refractivity contribution >= 4 is 11.8 Å². The molecule has 4 rings (SSSR count). The fourth-order valence-corrected chi connectivity index (χ4v) is 3.84. The first-order valence-corrected chi connectivity index (χ1v) is 9.61. The van der Waals surface area contributed by atoms with Crippen molar-refractivity contribution in [1.82, 2.24) is 14.4 Å². The molecule has 27 heavy (non-hydrogen) atoms. The molecule has 2 saturated heterocycles. The Balaban J connectivity index is 1.33. The number of amides is 2. The van der Waals surface area contributed by atoms with Crippen LogP contribution in [0.4, 0.5) is 0 Å². The number of rotatable bonds is 3. The van der Waals surface area contributed by atoms with Crippen molar-refractivity contribution in [3.05, 3.63) is 54.4 Å². The Bertz CT molecular complexity index is 772. The highest BCUT2D eigenvalue weighted by molar-refractivity contribution is 5.94. The van der Waals surface area contributed by atoms with Gasteiger partial charge in [-0.2, -0.15) is 0 Å². The maximum Gasteiger partial charge on any atom is 0.253 e. The molecule has 2 aliphatic rings. The SMILES string of the molecule is O=C(c1ccc(-n2cccc2)cc1)N1CCC(C(=O)N2CCOCC2)CC1. The lowest BCUT2D eigenvalue weighted by molar-refractivity contribution is -0.141. The summed E-state index contributed by atoms with van der Waals surface area (Å²) in [5.74, 6) is 0.302. The van der Waals surface area contributed by atoms with E-state index in [1.807, 2.05) is 63.2 Å². The molecular formula is C21H25N3O3. The van der Waals surface area contributed by atoms with E-state index in [4.69, 9.17) is 4.74 Å². The number of carbonyl (C=O) groups is 2. The highest BCUT2D eigenvalue weighted by Gasteiger charge is 2.31. The van der Waals surface area contributed by atoms with Gasteiger partial charge < -0.3 is 19.1 Å². The summed E-state index contributed by atoms with van der Waals surface area (Å²) in [5.41, 5.74) is 1.73. The van der Waals surface area contributed by atoms with Crippen molar-refractivity contribution in [2.75, 3.05) is 39.4 Å². The molecule has 0 atom stereocenters. The molecule has 6 nitrogen and oxygen atoms in total. The van der Waals surface area contributed by atoms with E-state index in [-0.39, 0.29) is 17.7 Å². The second kappa shape index (κ2) is 7.96. The van der Waals surface area contributed by atoms with Crippen LogP contribution in [0, 0.1) is 5.92 Å². The van der Waals surface area contributed by atoms with E-state index in [0.29, 0.717) is 45.0 Å². The van der Waals surface area contributed by atoms with Crippen LogP contribution >= 0.6 is 0 Å². The van der Waals surface area contributed by atoms with Crippen LogP contribution in [0.2, 0.25) is 0 Å². The van der Waals surface area contributed by atoms with Gasteiger partial charge >= 0.3 is 0 Å². The van der Waals surface area contributed by atoms with E-state index in [1.54, 1.807) is 0 Å². The van der Waals surface area contributed by atoms with Gasteiger partial charge in [0.15, 0.2) is 0 Å². The van der Waals surface area contributed by atoms with E-state index in [9.17, 15) is 9.59 Å². The zero-order valence-electron chi connectivity index (χ0n) is 15.4. The molecule has 2 aliphatic heterocycles. The number of morpholine rings is 1. The van der Waals surface area contributed by atoms with Crippen molar-refractivity contribution in [3.8, 4) is 5.69 Å². The molecule has 0 N–H and O–H groups in total. The molecule has 3 heterocycles. The molecule has 0 radical (unpaired) electrons. The maximum atomic E-state index is 12.8. The molecule has 1 aromatic heterocycles. The number of hydrogen-bond donors (Lipinski definition) is 0. The summed E-state index contributed by atoms with van der Waals surface area (Å²) in [6.45, 7) is 3.90. The van der Waals surface area contributed by atoms with Crippen LogP contribution in [0.15, 0.2) is 48.8 Å². The van der Waals surface area contributed by atoms with Crippen molar-refractivity contribution in [1.29, 1.82) is 0 Å². The van der Waals surface area contributed by atoms with Gasteiger partial charge in [-0.1, -0.05) is 0 Å². The average molecular weight is 367 g/mol. The van der Waals surface area contributed by atoms with Gasteiger partial charge in [-0.05, 0) is 49.2 Å². The maximum absolute atomic E-state index is 12.8. The first kappa shape index (κ1) is 17.8. The Kier molecular flexibility index (Phi) is 5.25. The Hall–Kier alpha value is -2.60. The predicted molar refractivity (Wildman–Crippen MR) is 102 cm³/mol. The van der Waals surface area contributed by atoms with Gasteiger partial charge in [-0.25, -0.2) is 0 Å². The smallest absolute Gasteiger partial charge is 0.253 e. The predicted octanol–water partition coefficient (Wildman–Crippen LogP) is 2.19. The zero-order valence-corrected chi connectivity index (χ0v) is 15.4. The minimum absolute atomic E-state index is 0.0308. The molecule has 0 unspecified atom stereocenters. The zero-order chi connectivity index (χ0) is 18.6. The van der Waals surface area contributed by atoms with Gasteiger partial charge in [0, 0.05) is 55.7 Å². The molecular weight excluding hydrogens is 342 g/mol. The number of aromatic nitrogens is 1. The molecule has 1 aromatic carbocycles. The van der Waals surface area contributed by atoms with Crippen LogP contribution in [0.1, 0.15) is 23.2 Å². The Morgan fingerprint density at radius 1 is 0.852 bits per heavy atom. The number of hydrogen-bond acceptors (Lipinski definition) is 3. The summed E-state index contributed by atoms with van der Waals surface area (Å²) in [6.07, 6.45) is 5.44. The normalized spacial score (nSPS) is 18.5. The fourth-order valence-electron chi connectivity index (χ4n) is 3.84. The minimum Gasteiger partial charge on any atom is -0.378 e. The topological polar surface area (TPSA) is 54.8 Å². The number of piperidine rings is 1. The largest absolute Gasteiger partial charge is 0.378 e. The molecule has 0 aliphatic carbocycles. The lowest BCUT2D eigenvalue weighted by Gasteiger charge is -2.35. The van der Waals surface area contributed by atoms with Gasteiger partial charge in [0.2, 0.25) is 5.91 Å². The Morgan fingerprint density at radius 3 is 2.11 bits per heavy atom. The van der Waals surface area contributed by atoms with Crippen molar-refractivity contribution in [2.45, 2.75) is 12.8 Å². The number of benzene rings is 1. The Labute approximate surface area is 159 Å². The van der Waals surface area contributed by atoms with Crippen molar-refractivity contribution < 1.29 is 14.3 Å². The number of likely N-dealkylation sites (tertiary alicyclic amines) is 1. The van der Waals surface area contributed by atoms with E-state index in [1.165, 1.54) is 0 Å². The third kappa shape index (κ3) is 3.90. The average Bonchev–Trinajstić information content (AvgIpc) is 3.28. The van der Waals surface area contributed by atoms with E-state index >= 15 is 0 Å². The molecule has 6 heteroatoms. The standard InChI is InChI=1S/C21H25N3O3/c25-20(17-3-5-19(6-4-17)22-9-1-2-10-22)23-11-7-18(8-12-23)21(26)24-13-15-27-16-14-24/h1-6,9-10,18H,7-8,11-16H2. The molecule has 0 saturated carbocycles. The third-order valence-electron chi connectivity index (χ3n) is 5.47. The van der Waals surface area contributed by atoms with Crippen molar-refractivity contribution in [3.63, 3.8) is 0 Å². The molecule has 0 spiro atoms. The highest BCUT2D eigenvalue weighted by Crippen LogP contribution is 2.22. The van der Waals surface area contributed by atoms with Crippen LogP contribution in [0.25, 0.3) is 5.69 Å². The van der Waals surface area contributed by atoms with Gasteiger partial charge in [0.05, 0.1) is 13.2 Å². The number of ether oxygens (including phenoxy) is 1. The minimum atomic E-state index is 0.0308. The second-order valence-electron chi connectivity index (χ2n) is 7.14. The summed E-state index contributed by atoms with van der Waals surface area (Å²) in [4.78, 5) is 29.2. The second-order valence-corrected chi connectivity index (χ2v) is 7.14. The quantitative estimate of drug-likeness (QED) is 0.836. The first-order chi connectivity index (χ1) is 13.2. The highest BCUT2D eigenvalue weighted by atomic mass is 16.5. The van der Waals surface area contributed by atoms with E-state index < -0.39 is 0 Å². The molecule has 0 bridgehead atoms. The van der Waals surface area contributed by atoms with Gasteiger partial charge in [-0.3, -0.25) is 9.59 Å². The molecule has 2 amide bonds. The van der Waals surface area contributed by atoms with Crippen LogP contribution in [0.5, 0.6) is 0 Å². The van der Waals surface area contributed by atoms with E-state index in [0.717, 1.165) is 18.5 Å². The molecule has 2 fully saturated rings. The first-order valence-electron chi connectivity index (χ1n) is 9.61. The lowest BCUT2D eigenvalue weighted by Crippen LogP contribution is -2.47. The summed E-state index contributed by atoms with van der Waals surface area (Å²) in [6, 6.07) is 11.6. The summed E-state index contributed by atoms with van der Waals surface area (Å²) >= 11 is 0. The van der Waals surface area contributed by atoms with Crippen molar-refractivity contribution in [2.24, 2.45) is 5.92 Å². The summed E-state index contributed by atoms with van der Waals surface area (Å²) < 4.78 is 7.33. The van der Waals surface area contributed by atoms with Gasteiger partial charge in [-0.15, -0.1) is 0 Å². The van der Waals surface area contributed by atoms with Crippen LogP contribution in [0.3, 0.4) is 0 Å². The van der Waals surface area contributed by atoms with Crippen LogP contribution in [-0.2, 0) is 9.53 Å². The van der Waals surface area contributed by atoms with Gasteiger partial charge in [0.25, 0.3) is 5.91 Å². The number of nitrogens with zero attached hydrogens (tertiary/aromatic N) is 3. The molecule has 142 valence electrons. The summed E-state index contributed by atoms with van der Waals surface area (Å²) in [5, 5.41) is 0. The monoisotopic (exact) mass is 367 g/mol. The van der Waals surface area contributed by atoms with Crippen LogP contribution in [-0.4, -0.2) is 65.6 Å². The summed E-state index contributed by atoms with van der Waals surface area (Å²) in [7, 11) is 0. The van der Waals surface area contributed by atoms with Crippen LogP contribution < -0.4 is 0 Å². The van der Waals surface area contributed by atoms with Gasteiger partial charge in [0.1, 0.15) is 0 Å². The van der Waals surface area contributed by atoms with E-state index in [2.05, 4.69) is 0 Å². The third-order valence-corrected chi connectivity index (χ3v) is 5.47. The Morgan fingerprint density at radius 2 is 1.48 bits per heavy atom. The number of carbonyl (C=O) groups excluding carboxylic acids is 2. The molecule has 2 aromatic rings. The lowest BCUT2D eigenvalue weighted by atomic mass is 9.94.